The van der Waals surface area contributed by atoms with Crippen molar-refractivity contribution in [1.82, 2.24) is 30.2 Å². The van der Waals surface area contributed by atoms with E-state index in [9.17, 15) is 4.79 Å². The highest BCUT2D eigenvalue weighted by Crippen LogP contribution is 2.24. The molecule has 11 heteroatoms. The zero-order valence-corrected chi connectivity index (χ0v) is 20.5. The molecule has 0 radical (unpaired) electrons. The number of nitrogens with zero attached hydrogens (tertiary/aromatic N) is 5. The van der Waals surface area contributed by atoms with Crippen molar-refractivity contribution in [2.75, 3.05) is 24.7 Å². The number of fused-ring (bicyclic) bond motifs is 1. The second-order valence-corrected chi connectivity index (χ2v) is 8.62. The molecule has 0 spiro atoms. The molecule has 0 saturated carbocycles. The van der Waals surface area contributed by atoms with Gasteiger partial charge in [0.25, 0.3) is 0 Å². The first-order valence-electron chi connectivity index (χ1n) is 11.0. The summed E-state index contributed by atoms with van der Waals surface area (Å²) in [5, 5.41) is 7.49. The fourth-order valence-electron chi connectivity index (χ4n) is 3.44. The first-order chi connectivity index (χ1) is 17.0. The van der Waals surface area contributed by atoms with Gasteiger partial charge in [-0.1, -0.05) is 11.8 Å². The standard InChI is InChI=1S/C24H26N8O2S/c1-15-11-16(2)30-23(29-15)32-22(31-21(33)14-35-24-26-8-4-9-27-24)25-10-7-17-13-28-20-6-5-18(34-3)12-19(17)20/h4-6,8-9,11-13,28H,7,10,14H2,1-3H3,(H2,25,29,30,31,32,33). The fourth-order valence-corrected chi connectivity index (χ4v) is 4.04. The smallest absolute Gasteiger partial charge is 0.237 e. The summed E-state index contributed by atoms with van der Waals surface area (Å²) in [6, 6.07) is 9.51. The number of aryl methyl sites for hydroxylation is 2. The maximum absolute atomic E-state index is 12.6. The Morgan fingerprint density at radius 2 is 1.91 bits per heavy atom. The first-order valence-corrected chi connectivity index (χ1v) is 12.0. The Kier molecular flexibility index (Phi) is 7.88. The number of benzene rings is 1. The number of methoxy groups -OCH3 is 1. The minimum atomic E-state index is -0.241. The number of rotatable bonds is 8. The van der Waals surface area contributed by atoms with Crippen molar-refractivity contribution < 1.29 is 9.53 Å². The number of hydrogen-bond donors (Lipinski definition) is 3. The van der Waals surface area contributed by atoms with Gasteiger partial charge in [0.1, 0.15) is 5.75 Å². The molecule has 4 rings (SSSR count). The van der Waals surface area contributed by atoms with Gasteiger partial charge in [-0.05, 0) is 56.2 Å². The van der Waals surface area contributed by atoms with Crippen LogP contribution in [0.5, 0.6) is 5.75 Å². The number of aromatic nitrogens is 5. The lowest BCUT2D eigenvalue weighted by molar-refractivity contribution is -0.117. The van der Waals surface area contributed by atoms with Gasteiger partial charge in [0.15, 0.2) is 5.16 Å². The molecule has 0 atom stereocenters. The van der Waals surface area contributed by atoms with Gasteiger partial charge in [0, 0.05) is 47.4 Å². The number of amides is 1. The fraction of sp³-hybridized carbons (Fsp3) is 0.250. The van der Waals surface area contributed by atoms with Crippen molar-refractivity contribution in [1.29, 1.82) is 0 Å². The molecule has 0 bridgehead atoms. The summed E-state index contributed by atoms with van der Waals surface area (Å²) in [6.07, 6.45) is 5.90. The van der Waals surface area contributed by atoms with E-state index in [2.05, 4.69) is 40.5 Å². The van der Waals surface area contributed by atoms with Crippen LogP contribution < -0.4 is 15.4 Å². The lowest BCUT2D eigenvalue weighted by Gasteiger charge is -2.11. The second kappa shape index (κ2) is 11.4. The van der Waals surface area contributed by atoms with E-state index in [4.69, 9.17) is 4.74 Å². The Bertz CT molecular complexity index is 1320. The first kappa shape index (κ1) is 24.1. The van der Waals surface area contributed by atoms with E-state index in [0.29, 0.717) is 24.1 Å². The Labute approximate surface area is 207 Å². The van der Waals surface area contributed by atoms with Crippen molar-refractivity contribution in [3.05, 3.63) is 65.9 Å². The number of aromatic amines is 1. The molecular weight excluding hydrogens is 464 g/mol. The van der Waals surface area contributed by atoms with Gasteiger partial charge < -0.3 is 9.72 Å². The van der Waals surface area contributed by atoms with Crippen molar-refractivity contribution in [2.24, 2.45) is 4.99 Å². The number of H-pyrrole nitrogens is 1. The lowest BCUT2D eigenvalue weighted by Crippen LogP contribution is -2.38. The maximum atomic E-state index is 12.6. The number of anilines is 1. The third-order valence-corrected chi connectivity index (χ3v) is 5.85. The highest BCUT2D eigenvalue weighted by molar-refractivity contribution is 7.99. The van der Waals surface area contributed by atoms with Crippen LogP contribution in [-0.2, 0) is 11.2 Å². The molecule has 10 nitrogen and oxygen atoms in total. The second-order valence-electron chi connectivity index (χ2n) is 7.67. The Balaban J connectivity index is 1.47. The summed E-state index contributed by atoms with van der Waals surface area (Å²) in [5.74, 6) is 1.35. The summed E-state index contributed by atoms with van der Waals surface area (Å²) in [4.78, 5) is 37.5. The van der Waals surface area contributed by atoms with Crippen LogP contribution in [0.25, 0.3) is 10.9 Å². The maximum Gasteiger partial charge on any atom is 0.237 e. The molecule has 0 fully saturated rings. The number of carbonyl (C=O) groups is 1. The molecule has 3 aromatic heterocycles. The number of guanidine groups is 1. The predicted molar refractivity (Wildman–Crippen MR) is 137 cm³/mol. The zero-order chi connectivity index (χ0) is 24.6. The molecule has 0 aliphatic heterocycles. The molecule has 4 aromatic rings. The number of hydrogen-bond acceptors (Lipinski definition) is 8. The van der Waals surface area contributed by atoms with E-state index in [1.54, 1.807) is 25.6 Å². The predicted octanol–water partition coefficient (Wildman–Crippen LogP) is 3.29. The molecule has 1 aromatic carbocycles. The summed E-state index contributed by atoms with van der Waals surface area (Å²) < 4.78 is 5.35. The zero-order valence-electron chi connectivity index (χ0n) is 19.7. The largest absolute Gasteiger partial charge is 0.497 e. The molecule has 0 unspecified atom stereocenters. The summed E-state index contributed by atoms with van der Waals surface area (Å²) in [7, 11) is 1.65. The average Bonchev–Trinajstić information content (AvgIpc) is 3.25. The number of thioether (sulfide) groups is 1. The SMILES string of the molecule is COc1ccc2[nH]cc(CCN=C(NC(=O)CSc3ncccn3)Nc3nc(C)cc(C)n3)c2c1. The molecular formula is C24H26N8O2S. The molecule has 0 saturated heterocycles. The monoisotopic (exact) mass is 490 g/mol. The van der Waals surface area contributed by atoms with Gasteiger partial charge in [0.05, 0.1) is 12.9 Å². The van der Waals surface area contributed by atoms with E-state index >= 15 is 0 Å². The Hall–Kier alpha value is -3.99. The van der Waals surface area contributed by atoms with E-state index in [-0.39, 0.29) is 17.6 Å². The van der Waals surface area contributed by atoms with Crippen LogP contribution in [0.1, 0.15) is 17.0 Å². The van der Waals surface area contributed by atoms with Crippen LogP contribution in [0, 0.1) is 13.8 Å². The molecule has 3 heterocycles. The minimum absolute atomic E-state index is 0.140. The normalized spacial score (nSPS) is 11.5. The quantitative estimate of drug-likeness (QED) is 0.148. The van der Waals surface area contributed by atoms with Gasteiger partial charge in [-0.15, -0.1) is 0 Å². The van der Waals surface area contributed by atoms with E-state index in [1.807, 2.05) is 44.3 Å². The van der Waals surface area contributed by atoms with Crippen LogP contribution in [-0.4, -0.2) is 56.2 Å². The van der Waals surface area contributed by atoms with Gasteiger partial charge in [-0.2, -0.15) is 0 Å². The number of aliphatic imine (C=N–C) groups is 1. The Morgan fingerprint density at radius 3 is 2.66 bits per heavy atom. The van der Waals surface area contributed by atoms with Crippen LogP contribution >= 0.6 is 11.8 Å². The van der Waals surface area contributed by atoms with Crippen molar-refractivity contribution in [3.63, 3.8) is 0 Å². The van der Waals surface area contributed by atoms with Crippen molar-refractivity contribution >= 4 is 40.5 Å². The summed E-state index contributed by atoms with van der Waals surface area (Å²) >= 11 is 1.24. The van der Waals surface area contributed by atoms with Crippen LogP contribution in [0.4, 0.5) is 5.95 Å². The molecule has 0 aliphatic rings. The van der Waals surface area contributed by atoms with Gasteiger partial charge in [-0.25, -0.2) is 19.9 Å². The van der Waals surface area contributed by atoms with Crippen LogP contribution in [0.3, 0.4) is 0 Å². The van der Waals surface area contributed by atoms with E-state index in [1.165, 1.54) is 11.8 Å². The van der Waals surface area contributed by atoms with Crippen LogP contribution in [0.15, 0.2) is 59.1 Å². The van der Waals surface area contributed by atoms with Crippen molar-refractivity contribution in [3.8, 4) is 5.75 Å². The molecule has 0 aliphatic carbocycles. The molecule has 1 amide bonds. The highest BCUT2D eigenvalue weighted by Gasteiger charge is 2.11. The third kappa shape index (κ3) is 6.76. The molecule has 180 valence electrons. The van der Waals surface area contributed by atoms with E-state index in [0.717, 1.165) is 33.6 Å². The Morgan fingerprint density at radius 1 is 1.14 bits per heavy atom. The minimum Gasteiger partial charge on any atom is -0.497 e. The third-order valence-electron chi connectivity index (χ3n) is 4.97. The topological polar surface area (TPSA) is 130 Å². The number of nitrogens with one attached hydrogen (secondary N) is 3. The average molecular weight is 491 g/mol. The van der Waals surface area contributed by atoms with Crippen molar-refractivity contribution in [2.45, 2.75) is 25.4 Å². The van der Waals surface area contributed by atoms with Gasteiger partial charge in [-0.3, -0.25) is 20.4 Å². The number of ether oxygens (including phenoxy) is 1. The highest BCUT2D eigenvalue weighted by atomic mass is 32.2. The van der Waals surface area contributed by atoms with Gasteiger partial charge in [0.2, 0.25) is 17.8 Å². The summed E-state index contributed by atoms with van der Waals surface area (Å²) in [6.45, 7) is 4.21. The van der Waals surface area contributed by atoms with Gasteiger partial charge >= 0.3 is 0 Å². The molecule has 3 N–H and O–H groups in total. The van der Waals surface area contributed by atoms with Crippen LogP contribution in [0.2, 0.25) is 0 Å². The lowest BCUT2D eigenvalue weighted by atomic mass is 10.1. The van der Waals surface area contributed by atoms with E-state index < -0.39 is 0 Å². The molecule has 35 heavy (non-hydrogen) atoms. The number of carbonyl (C=O) groups excluding carboxylic acids is 1. The summed E-state index contributed by atoms with van der Waals surface area (Å²) in [5.41, 5.74) is 3.76.